The van der Waals surface area contributed by atoms with E-state index in [-0.39, 0.29) is 10.8 Å². The van der Waals surface area contributed by atoms with Crippen LogP contribution >= 0.6 is 54.5 Å². The zero-order valence-electron chi connectivity index (χ0n) is 10.2. The lowest BCUT2D eigenvalue weighted by molar-refractivity contribution is 0.0703. The summed E-state index contributed by atoms with van der Waals surface area (Å²) in [6.07, 6.45) is 0. The molecule has 3 N–H and O–H groups in total. The van der Waals surface area contributed by atoms with E-state index in [1.54, 1.807) is 11.3 Å². The van der Waals surface area contributed by atoms with E-state index >= 15 is 0 Å². The summed E-state index contributed by atoms with van der Waals surface area (Å²) in [5.41, 5.74) is 8.29. The maximum absolute atomic E-state index is 11.2. The zero-order chi connectivity index (χ0) is 14.3. The van der Waals surface area contributed by atoms with Gasteiger partial charge in [-0.25, -0.2) is 4.79 Å². The average Bonchev–Trinajstić information content (AvgIpc) is 2.78. The van der Waals surface area contributed by atoms with Crippen LogP contribution in [0.5, 0.6) is 0 Å². The first-order valence-electron chi connectivity index (χ1n) is 5.43. The van der Waals surface area contributed by atoms with Crippen molar-refractivity contribution in [2.24, 2.45) is 0 Å². The average molecular weight is 425 g/mol. The third kappa shape index (κ3) is 2.74. The van der Waals surface area contributed by atoms with E-state index in [4.69, 9.17) is 5.73 Å². The summed E-state index contributed by atoms with van der Waals surface area (Å²) in [4.78, 5) is 12.4. The molecule has 0 aromatic carbocycles. The van der Waals surface area contributed by atoms with Crippen LogP contribution in [0.1, 0.15) is 35.0 Å². The maximum Gasteiger partial charge on any atom is 0.348 e. The SMILES string of the molecule is CC(C)c1c(-c2cc(Br)sc2Br)sc(C(=O)O)c1N. The number of anilines is 1. The summed E-state index contributed by atoms with van der Waals surface area (Å²) in [6.45, 7) is 4.03. The fourth-order valence-electron chi connectivity index (χ4n) is 1.88. The van der Waals surface area contributed by atoms with Gasteiger partial charge in [-0.1, -0.05) is 13.8 Å². The van der Waals surface area contributed by atoms with Gasteiger partial charge in [-0.2, -0.15) is 0 Å². The smallest absolute Gasteiger partial charge is 0.348 e. The summed E-state index contributed by atoms with van der Waals surface area (Å²) in [5.74, 6) is -0.800. The number of carboxylic acid groups (broad SMARTS) is 1. The molecule has 3 nitrogen and oxygen atoms in total. The van der Waals surface area contributed by atoms with Crippen LogP contribution < -0.4 is 5.73 Å². The van der Waals surface area contributed by atoms with Gasteiger partial charge < -0.3 is 10.8 Å². The van der Waals surface area contributed by atoms with Crippen molar-refractivity contribution in [1.82, 2.24) is 0 Å². The lowest BCUT2D eigenvalue weighted by Gasteiger charge is -2.08. The minimum Gasteiger partial charge on any atom is -0.477 e. The highest BCUT2D eigenvalue weighted by molar-refractivity contribution is 9.12. The summed E-state index contributed by atoms with van der Waals surface area (Å²) >= 11 is 9.75. The number of hydrogen-bond acceptors (Lipinski definition) is 4. The van der Waals surface area contributed by atoms with Crippen molar-refractivity contribution in [2.45, 2.75) is 19.8 Å². The Balaban J connectivity index is 2.72. The summed E-state index contributed by atoms with van der Waals surface area (Å²) in [7, 11) is 0. The lowest BCUT2D eigenvalue weighted by Crippen LogP contribution is -2.00. The van der Waals surface area contributed by atoms with Crippen molar-refractivity contribution in [3.8, 4) is 10.4 Å². The Bertz CT molecular complexity index is 646. The van der Waals surface area contributed by atoms with Crippen LogP contribution in [0.3, 0.4) is 0 Å². The van der Waals surface area contributed by atoms with E-state index in [9.17, 15) is 9.90 Å². The summed E-state index contributed by atoms with van der Waals surface area (Å²) in [5, 5.41) is 9.22. The predicted molar refractivity (Wildman–Crippen MR) is 88.5 cm³/mol. The van der Waals surface area contributed by atoms with Crippen LogP contribution in [-0.4, -0.2) is 11.1 Å². The van der Waals surface area contributed by atoms with Crippen molar-refractivity contribution in [3.63, 3.8) is 0 Å². The lowest BCUT2D eigenvalue weighted by atomic mass is 9.99. The number of hydrogen-bond donors (Lipinski definition) is 2. The third-order valence-corrected chi connectivity index (χ3v) is 6.24. The van der Waals surface area contributed by atoms with Gasteiger partial charge >= 0.3 is 5.97 Å². The second kappa shape index (κ2) is 5.55. The molecule has 0 fully saturated rings. The molecule has 0 saturated carbocycles. The summed E-state index contributed by atoms with van der Waals surface area (Å²) < 4.78 is 1.97. The Labute approximate surface area is 135 Å². The minimum atomic E-state index is -0.971. The van der Waals surface area contributed by atoms with Crippen LogP contribution in [0, 0.1) is 0 Å². The number of nitrogen functional groups attached to an aromatic ring is 1. The topological polar surface area (TPSA) is 63.3 Å². The third-order valence-electron chi connectivity index (χ3n) is 2.66. The number of carbonyl (C=O) groups is 1. The molecule has 2 aromatic rings. The molecular weight excluding hydrogens is 414 g/mol. The van der Waals surface area contributed by atoms with Crippen LogP contribution in [0.15, 0.2) is 13.6 Å². The van der Waals surface area contributed by atoms with E-state index in [1.165, 1.54) is 11.3 Å². The van der Waals surface area contributed by atoms with Crippen molar-refractivity contribution >= 4 is 66.2 Å². The van der Waals surface area contributed by atoms with Crippen LogP contribution in [0.25, 0.3) is 10.4 Å². The Kier molecular flexibility index (Phi) is 4.39. The van der Waals surface area contributed by atoms with Gasteiger partial charge in [0.2, 0.25) is 0 Å². The minimum absolute atomic E-state index is 0.171. The molecule has 0 bridgehead atoms. The molecule has 0 spiro atoms. The van der Waals surface area contributed by atoms with E-state index in [1.807, 2.05) is 19.9 Å². The van der Waals surface area contributed by atoms with Crippen LogP contribution in [0.4, 0.5) is 5.69 Å². The molecule has 0 atom stereocenters. The maximum atomic E-state index is 11.2. The van der Waals surface area contributed by atoms with Gasteiger partial charge in [-0.15, -0.1) is 22.7 Å². The molecule has 102 valence electrons. The number of carboxylic acids is 1. The molecular formula is C12H11Br2NO2S2. The highest BCUT2D eigenvalue weighted by Gasteiger charge is 2.25. The second-order valence-corrected chi connectivity index (χ2v) is 9.06. The van der Waals surface area contributed by atoms with Gasteiger partial charge in [0.25, 0.3) is 0 Å². The fourth-order valence-corrected chi connectivity index (χ4v) is 6.14. The molecule has 2 heterocycles. The Hall–Kier alpha value is -0.370. The predicted octanol–water partition coefficient (Wildman–Crippen LogP) is 5.41. The van der Waals surface area contributed by atoms with Gasteiger partial charge in [0.1, 0.15) is 4.88 Å². The van der Waals surface area contributed by atoms with E-state index in [2.05, 4.69) is 31.9 Å². The van der Waals surface area contributed by atoms with Crippen LogP contribution in [-0.2, 0) is 0 Å². The zero-order valence-corrected chi connectivity index (χ0v) is 15.0. The second-order valence-electron chi connectivity index (χ2n) is 4.29. The first-order valence-corrected chi connectivity index (χ1v) is 8.65. The van der Waals surface area contributed by atoms with Gasteiger partial charge in [0, 0.05) is 10.4 Å². The molecule has 2 aromatic heterocycles. The number of rotatable bonds is 3. The number of aromatic carboxylic acids is 1. The molecule has 0 aliphatic rings. The molecule has 19 heavy (non-hydrogen) atoms. The quantitative estimate of drug-likeness (QED) is 0.692. The summed E-state index contributed by atoms with van der Waals surface area (Å²) in [6, 6.07) is 1.98. The monoisotopic (exact) mass is 423 g/mol. The normalized spacial score (nSPS) is 11.2. The van der Waals surface area contributed by atoms with Crippen molar-refractivity contribution in [2.75, 3.05) is 5.73 Å². The van der Waals surface area contributed by atoms with Gasteiger partial charge in [0.05, 0.1) is 13.3 Å². The highest BCUT2D eigenvalue weighted by Crippen LogP contribution is 2.47. The molecule has 0 radical (unpaired) electrons. The molecule has 7 heteroatoms. The van der Waals surface area contributed by atoms with Crippen LogP contribution in [0.2, 0.25) is 0 Å². The van der Waals surface area contributed by atoms with Gasteiger partial charge in [-0.05, 0) is 49.4 Å². The molecule has 0 amide bonds. The van der Waals surface area contributed by atoms with Crippen molar-refractivity contribution in [3.05, 3.63) is 24.1 Å². The highest BCUT2D eigenvalue weighted by atomic mass is 79.9. The Morgan fingerprint density at radius 2 is 2.00 bits per heavy atom. The molecule has 0 aliphatic heterocycles. The Morgan fingerprint density at radius 1 is 1.37 bits per heavy atom. The first-order chi connectivity index (χ1) is 8.82. The van der Waals surface area contributed by atoms with Gasteiger partial charge in [0.15, 0.2) is 0 Å². The van der Waals surface area contributed by atoms with Crippen molar-refractivity contribution in [1.29, 1.82) is 0 Å². The van der Waals surface area contributed by atoms with E-state index < -0.39 is 5.97 Å². The standard InChI is InChI=1S/C12H11Br2NO2S2/c1-4(2)7-8(15)10(12(16)17)19-9(7)5-3-6(13)18-11(5)14/h3-4H,15H2,1-2H3,(H,16,17). The molecule has 0 saturated heterocycles. The largest absolute Gasteiger partial charge is 0.477 e. The number of thiophene rings is 2. The fraction of sp³-hybridized carbons (Fsp3) is 0.250. The van der Waals surface area contributed by atoms with E-state index in [0.29, 0.717) is 5.69 Å². The molecule has 2 rings (SSSR count). The Morgan fingerprint density at radius 3 is 2.42 bits per heavy atom. The molecule has 0 unspecified atom stereocenters. The van der Waals surface area contributed by atoms with Crippen molar-refractivity contribution < 1.29 is 9.90 Å². The van der Waals surface area contributed by atoms with Gasteiger partial charge in [-0.3, -0.25) is 0 Å². The first kappa shape index (κ1) is 15.0. The van der Waals surface area contributed by atoms with E-state index in [0.717, 1.165) is 23.6 Å². The number of halogens is 2. The molecule has 0 aliphatic carbocycles. The number of nitrogens with two attached hydrogens (primary N) is 1.